The first-order chi connectivity index (χ1) is 9.65. The predicted molar refractivity (Wildman–Crippen MR) is 74.8 cm³/mol. The summed E-state index contributed by atoms with van der Waals surface area (Å²) in [7, 11) is 0. The van der Waals surface area contributed by atoms with Crippen molar-refractivity contribution in [1.29, 1.82) is 0 Å². The molecule has 0 unspecified atom stereocenters. The Labute approximate surface area is 120 Å². The summed E-state index contributed by atoms with van der Waals surface area (Å²) < 4.78 is 12.7. The van der Waals surface area contributed by atoms with Crippen LogP contribution in [0.1, 0.15) is 5.56 Å². The first-order valence-corrected chi connectivity index (χ1v) is 6.21. The smallest absolute Gasteiger partial charge is 0.305 e. The molecule has 0 bridgehead atoms. The van der Waals surface area contributed by atoms with Crippen molar-refractivity contribution in [2.24, 2.45) is 0 Å². The minimum atomic E-state index is -0.541. The Kier molecular flexibility index (Phi) is 4.92. The van der Waals surface area contributed by atoms with E-state index >= 15 is 0 Å². The zero-order valence-corrected chi connectivity index (χ0v) is 11.2. The van der Waals surface area contributed by atoms with Crippen LogP contribution >= 0.6 is 11.6 Å². The summed E-state index contributed by atoms with van der Waals surface area (Å²) in [6, 6.07) is 12.1. The van der Waals surface area contributed by atoms with Crippen molar-refractivity contribution >= 4 is 23.3 Å². The van der Waals surface area contributed by atoms with Gasteiger partial charge in [-0.05, 0) is 29.8 Å². The van der Waals surface area contributed by atoms with E-state index < -0.39 is 6.03 Å². The van der Waals surface area contributed by atoms with Gasteiger partial charge in [0, 0.05) is 0 Å². The third-order valence-corrected chi connectivity index (χ3v) is 2.77. The maximum Gasteiger partial charge on any atom is 0.343 e. The second-order valence-corrected chi connectivity index (χ2v) is 4.36. The Bertz CT molecular complexity index is 590. The number of para-hydroxylation sites is 1. The van der Waals surface area contributed by atoms with Crippen molar-refractivity contribution in [3.63, 3.8) is 0 Å². The Balaban J connectivity index is 1.78. The number of amides is 2. The lowest BCUT2D eigenvalue weighted by molar-refractivity contribution is 0.0535. The maximum absolute atomic E-state index is 12.7. The number of rotatable bonds is 4. The van der Waals surface area contributed by atoms with E-state index in [-0.39, 0.29) is 12.4 Å². The van der Waals surface area contributed by atoms with Gasteiger partial charge in [-0.2, -0.15) is 0 Å². The van der Waals surface area contributed by atoms with Gasteiger partial charge in [-0.1, -0.05) is 35.9 Å². The van der Waals surface area contributed by atoms with E-state index in [1.807, 2.05) is 0 Å². The molecule has 0 aliphatic rings. The number of urea groups is 1. The molecule has 0 aliphatic carbocycles. The van der Waals surface area contributed by atoms with Gasteiger partial charge < -0.3 is 5.32 Å². The second-order valence-electron chi connectivity index (χ2n) is 3.95. The summed E-state index contributed by atoms with van der Waals surface area (Å²) in [5.74, 6) is -0.321. The number of carbonyl (C=O) groups is 1. The van der Waals surface area contributed by atoms with Gasteiger partial charge >= 0.3 is 6.03 Å². The van der Waals surface area contributed by atoms with Crippen molar-refractivity contribution in [2.45, 2.75) is 6.61 Å². The number of hydrogen-bond donors (Lipinski definition) is 2. The van der Waals surface area contributed by atoms with Crippen molar-refractivity contribution in [3.8, 4) is 0 Å². The lowest BCUT2D eigenvalue weighted by Gasteiger charge is -2.09. The molecule has 20 heavy (non-hydrogen) atoms. The van der Waals surface area contributed by atoms with E-state index in [1.54, 1.807) is 36.4 Å². The van der Waals surface area contributed by atoms with Crippen LogP contribution in [0.25, 0.3) is 0 Å². The van der Waals surface area contributed by atoms with Crippen molar-refractivity contribution in [3.05, 3.63) is 64.9 Å². The number of hydroxylamine groups is 1. The minimum Gasteiger partial charge on any atom is -0.305 e. The Hall–Kier alpha value is -2.11. The number of hydrogen-bond acceptors (Lipinski definition) is 2. The van der Waals surface area contributed by atoms with Crippen LogP contribution in [0, 0.1) is 5.82 Å². The van der Waals surface area contributed by atoms with Gasteiger partial charge in [-0.15, -0.1) is 0 Å². The van der Waals surface area contributed by atoms with Gasteiger partial charge in [-0.3, -0.25) is 4.84 Å². The zero-order valence-electron chi connectivity index (χ0n) is 10.4. The average Bonchev–Trinajstić information content (AvgIpc) is 2.44. The van der Waals surface area contributed by atoms with Gasteiger partial charge in [0.1, 0.15) is 5.82 Å². The van der Waals surface area contributed by atoms with Gasteiger partial charge in [0.2, 0.25) is 0 Å². The number of anilines is 1. The Morgan fingerprint density at radius 3 is 2.55 bits per heavy atom. The molecular formula is C14H12ClFN2O2. The van der Waals surface area contributed by atoms with E-state index in [9.17, 15) is 9.18 Å². The van der Waals surface area contributed by atoms with E-state index in [4.69, 9.17) is 16.4 Å². The van der Waals surface area contributed by atoms with E-state index in [2.05, 4.69) is 10.8 Å². The minimum absolute atomic E-state index is 0.135. The molecule has 0 atom stereocenters. The largest absolute Gasteiger partial charge is 0.343 e. The monoisotopic (exact) mass is 294 g/mol. The molecule has 0 saturated heterocycles. The second kappa shape index (κ2) is 6.88. The molecule has 2 N–H and O–H groups in total. The van der Waals surface area contributed by atoms with Gasteiger partial charge in [0.15, 0.2) is 0 Å². The topological polar surface area (TPSA) is 50.4 Å². The van der Waals surface area contributed by atoms with Crippen LogP contribution < -0.4 is 10.8 Å². The first kappa shape index (κ1) is 14.3. The molecule has 0 heterocycles. The quantitative estimate of drug-likeness (QED) is 0.844. The van der Waals surface area contributed by atoms with Crippen LogP contribution in [0.4, 0.5) is 14.9 Å². The van der Waals surface area contributed by atoms with Crippen molar-refractivity contribution in [2.75, 3.05) is 5.32 Å². The summed E-state index contributed by atoms with van der Waals surface area (Å²) in [6.45, 7) is 0.135. The number of halogens is 2. The highest BCUT2D eigenvalue weighted by molar-refractivity contribution is 6.33. The standard InChI is InChI=1S/C14H12ClFN2O2/c15-12-3-1-2-4-13(12)17-14(19)18-20-9-10-5-7-11(16)8-6-10/h1-8H,9H2,(H2,17,18,19). The van der Waals surface area contributed by atoms with Crippen molar-refractivity contribution < 1.29 is 14.0 Å². The summed E-state index contributed by atoms with van der Waals surface area (Å²) in [5.41, 5.74) is 3.44. The van der Waals surface area contributed by atoms with Gasteiger partial charge in [0.25, 0.3) is 0 Å². The fourth-order valence-corrected chi connectivity index (χ4v) is 1.66. The first-order valence-electron chi connectivity index (χ1n) is 5.83. The third-order valence-electron chi connectivity index (χ3n) is 2.44. The van der Waals surface area contributed by atoms with Crippen LogP contribution in [0.3, 0.4) is 0 Å². The molecule has 2 amide bonds. The third kappa shape index (κ3) is 4.22. The molecule has 2 rings (SSSR count). The SMILES string of the molecule is O=C(NOCc1ccc(F)cc1)Nc1ccccc1Cl. The fraction of sp³-hybridized carbons (Fsp3) is 0.0714. The maximum atomic E-state index is 12.7. The highest BCUT2D eigenvalue weighted by Crippen LogP contribution is 2.19. The van der Waals surface area contributed by atoms with Gasteiger partial charge in [0.05, 0.1) is 17.3 Å². The molecule has 0 aliphatic heterocycles. The van der Waals surface area contributed by atoms with Crippen LogP contribution in [0.15, 0.2) is 48.5 Å². The summed E-state index contributed by atoms with van der Waals surface area (Å²) in [4.78, 5) is 16.5. The Morgan fingerprint density at radius 2 is 1.85 bits per heavy atom. The van der Waals surface area contributed by atoms with Gasteiger partial charge in [-0.25, -0.2) is 14.7 Å². The number of nitrogens with one attached hydrogen (secondary N) is 2. The molecule has 2 aromatic rings. The number of benzene rings is 2. The van der Waals surface area contributed by atoms with Crippen molar-refractivity contribution in [1.82, 2.24) is 5.48 Å². The highest BCUT2D eigenvalue weighted by atomic mass is 35.5. The lowest BCUT2D eigenvalue weighted by Crippen LogP contribution is -2.28. The van der Waals surface area contributed by atoms with Crippen LogP contribution in [0.2, 0.25) is 5.02 Å². The van der Waals surface area contributed by atoms with E-state index in [0.717, 1.165) is 5.56 Å². The molecular weight excluding hydrogens is 283 g/mol. The summed E-state index contributed by atoms with van der Waals surface area (Å²) in [5, 5.41) is 2.97. The zero-order chi connectivity index (χ0) is 14.4. The molecule has 0 aromatic heterocycles. The molecule has 0 saturated carbocycles. The number of carbonyl (C=O) groups excluding carboxylic acids is 1. The molecule has 0 spiro atoms. The predicted octanol–water partition coefficient (Wildman–Crippen LogP) is 3.73. The fourth-order valence-electron chi connectivity index (χ4n) is 1.48. The normalized spacial score (nSPS) is 10.1. The van der Waals surface area contributed by atoms with E-state index in [0.29, 0.717) is 10.7 Å². The molecule has 2 aromatic carbocycles. The lowest BCUT2D eigenvalue weighted by atomic mass is 10.2. The summed E-state index contributed by atoms with van der Waals surface area (Å²) in [6.07, 6.45) is 0. The molecule has 6 heteroatoms. The Morgan fingerprint density at radius 1 is 1.15 bits per heavy atom. The molecule has 0 fully saturated rings. The molecule has 4 nitrogen and oxygen atoms in total. The van der Waals surface area contributed by atoms with Crippen LogP contribution in [-0.2, 0) is 11.4 Å². The van der Waals surface area contributed by atoms with Crippen LogP contribution in [-0.4, -0.2) is 6.03 Å². The summed E-state index contributed by atoms with van der Waals surface area (Å²) >= 11 is 5.89. The molecule has 0 radical (unpaired) electrons. The highest BCUT2D eigenvalue weighted by Gasteiger charge is 2.04. The van der Waals surface area contributed by atoms with Crippen LogP contribution in [0.5, 0.6) is 0 Å². The average molecular weight is 295 g/mol. The molecule has 104 valence electrons. The van der Waals surface area contributed by atoms with E-state index in [1.165, 1.54) is 12.1 Å².